The molecule has 2 N–H and O–H groups in total. The fourth-order valence-corrected chi connectivity index (χ4v) is 2.39. The molecule has 0 radical (unpaired) electrons. The van der Waals surface area contributed by atoms with E-state index in [2.05, 4.69) is 0 Å². The van der Waals surface area contributed by atoms with Gasteiger partial charge in [0.05, 0.1) is 0 Å². The highest BCUT2D eigenvalue weighted by Crippen LogP contribution is 2.20. The number of rotatable bonds is 4. The molecule has 0 unspecified atom stereocenters. The Morgan fingerprint density at radius 1 is 1.21 bits per heavy atom. The molecular weight excluding hydrogens is 262 g/mol. The molecule has 0 aliphatic heterocycles. The third-order valence-corrected chi connectivity index (χ3v) is 3.44. The molecule has 0 aromatic heterocycles. The molecule has 1 aromatic carbocycles. The SMILES string of the molecule is Cl.N[C@@H](Cc1ccccc1)C(=O)OC1CCCCC1. The van der Waals surface area contributed by atoms with E-state index in [1.54, 1.807) is 0 Å². The van der Waals surface area contributed by atoms with Gasteiger partial charge in [0, 0.05) is 0 Å². The average molecular weight is 284 g/mol. The zero-order valence-electron chi connectivity index (χ0n) is 11.1. The maximum Gasteiger partial charge on any atom is 0.323 e. The molecule has 4 heteroatoms. The third-order valence-electron chi connectivity index (χ3n) is 3.44. The highest BCUT2D eigenvalue weighted by molar-refractivity contribution is 5.85. The molecule has 0 bridgehead atoms. The Kier molecular flexibility index (Phi) is 6.89. The molecule has 3 nitrogen and oxygen atoms in total. The summed E-state index contributed by atoms with van der Waals surface area (Å²) in [6, 6.07) is 9.27. The highest BCUT2D eigenvalue weighted by atomic mass is 35.5. The van der Waals surface area contributed by atoms with E-state index in [0.29, 0.717) is 6.42 Å². The summed E-state index contributed by atoms with van der Waals surface area (Å²) in [7, 11) is 0. The van der Waals surface area contributed by atoms with Gasteiger partial charge in [-0.25, -0.2) is 0 Å². The van der Waals surface area contributed by atoms with Gasteiger partial charge in [-0.2, -0.15) is 0 Å². The van der Waals surface area contributed by atoms with Crippen LogP contribution in [0.1, 0.15) is 37.7 Å². The van der Waals surface area contributed by atoms with Crippen LogP contribution in [0.15, 0.2) is 30.3 Å². The molecule has 0 heterocycles. The summed E-state index contributed by atoms with van der Waals surface area (Å²) in [5.74, 6) is -0.259. The van der Waals surface area contributed by atoms with Crippen molar-refractivity contribution in [1.29, 1.82) is 0 Å². The van der Waals surface area contributed by atoms with Gasteiger partial charge in [-0.15, -0.1) is 12.4 Å². The van der Waals surface area contributed by atoms with E-state index >= 15 is 0 Å². The summed E-state index contributed by atoms with van der Waals surface area (Å²) in [6.45, 7) is 0. The maximum atomic E-state index is 11.9. The molecule has 2 rings (SSSR count). The zero-order chi connectivity index (χ0) is 12.8. The minimum absolute atomic E-state index is 0. The lowest BCUT2D eigenvalue weighted by Crippen LogP contribution is -2.37. The van der Waals surface area contributed by atoms with Crippen molar-refractivity contribution in [3.05, 3.63) is 35.9 Å². The average Bonchev–Trinajstić information content (AvgIpc) is 2.41. The van der Waals surface area contributed by atoms with Gasteiger partial charge in [-0.05, 0) is 37.7 Å². The molecule has 1 atom stereocenters. The first-order valence-electron chi connectivity index (χ1n) is 6.75. The Labute approximate surface area is 120 Å². The largest absolute Gasteiger partial charge is 0.461 e. The predicted octanol–water partition coefficient (Wildman–Crippen LogP) is 2.85. The Morgan fingerprint density at radius 3 is 2.47 bits per heavy atom. The van der Waals surface area contributed by atoms with Crippen LogP contribution in [0.5, 0.6) is 0 Å². The van der Waals surface area contributed by atoms with E-state index < -0.39 is 6.04 Å². The lowest BCUT2D eigenvalue weighted by atomic mass is 9.97. The smallest absolute Gasteiger partial charge is 0.323 e. The Balaban J connectivity index is 0.00000180. The fourth-order valence-electron chi connectivity index (χ4n) is 2.39. The third kappa shape index (κ3) is 5.21. The van der Waals surface area contributed by atoms with Gasteiger partial charge >= 0.3 is 5.97 Å². The Hall–Kier alpha value is -1.06. The lowest BCUT2D eigenvalue weighted by Gasteiger charge is -2.23. The van der Waals surface area contributed by atoms with Crippen LogP contribution in [0.2, 0.25) is 0 Å². The van der Waals surface area contributed by atoms with Crippen molar-refractivity contribution in [2.45, 2.75) is 50.7 Å². The van der Waals surface area contributed by atoms with Gasteiger partial charge in [-0.3, -0.25) is 4.79 Å². The number of carbonyl (C=O) groups is 1. The number of nitrogens with two attached hydrogens (primary N) is 1. The monoisotopic (exact) mass is 283 g/mol. The molecule has 0 saturated heterocycles. The lowest BCUT2D eigenvalue weighted by molar-refractivity contribution is -0.152. The standard InChI is InChI=1S/C15H21NO2.ClH/c16-14(11-12-7-3-1-4-8-12)15(17)18-13-9-5-2-6-10-13;/h1,3-4,7-8,13-14H,2,5-6,9-11,16H2;1H/t14-;/m0./s1. The van der Waals surface area contributed by atoms with E-state index in [-0.39, 0.29) is 24.5 Å². The van der Waals surface area contributed by atoms with Gasteiger partial charge < -0.3 is 10.5 Å². The van der Waals surface area contributed by atoms with E-state index in [1.807, 2.05) is 30.3 Å². The molecule has 1 saturated carbocycles. The number of benzene rings is 1. The van der Waals surface area contributed by atoms with Crippen LogP contribution >= 0.6 is 12.4 Å². The Morgan fingerprint density at radius 2 is 1.84 bits per heavy atom. The van der Waals surface area contributed by atoms with Crippen LogP contribution in [0.4, 0.5) is 0 Å². The number of halogens is 1. The summed E-state index contributed by atoms with van der Waals surface area (Å²) < 4.78 is 5.46. The fraction of sp³-hybridized carbons (Fsp3) is 0.533. The number of hydrogen-bond acceptors (Lipinski definition) is 3. The molecule has 1 aliphatic carbocycles. The second-order valence-corrected chi connectivity index (χ2v) is 4.99. The summed E-state index contributed by atoms with van der Waals surface area (Å²) >= 11 is 0. The van der Waals surface area contributed by atoms with E-state index in [4.69, 9.17) is 10.5 Å². The highest BCUT2D eigenvalue weighted by Gasteiger charge is 2.22. The molecule has 1 aromatic rings. The van der Waals surface area contributed by atoms with Crippen molar-refractivity contribution >= 4 is 18.4 Å². The van der Waals surface area contributed by atoms with Crippen molar-refractivity contribution in [2.75, 3.05) is 0 Å². The number of esters is 1. The maximum absolute atomic E-state index is 11.9. The van der Waals surface area contributed by atoms with Crippen molar-refractivity contribution in [1.82, 2.24) is 0 Å². The molecule has 0 spiro atoms. The second-order valence-electron chi connectivity index (χ2n) is 4.99. The summed E-state index contributed by atoms with van der Waals surface area (Å²) in [6.07, 6.45) is 6.19. The molecule has 19 heavy (non-hydrogen) atoms. The molecule has 106 valence electrons. The zero-order valence-corrected chi connectivity index (χ0v) is 11.9. The first-order valence-corrected chi connectivity index (χ1v) is 6.75. The predicted molar refractivity (Wildman–Crippen MR) is 78.3 cm³/mol. The summed E-state index contributed by atoms with van der Waals surface area (Å²) in [5.41, 5.74) is 6.97. The van der Waals surface area contributed by atoms with Crippen molar-refractivity contribution in [3.63, 3.8) is 0 Å². The van der Waals surface area contributed by atoms with Crippen molar-refractivity contribution < 1.29 is 9.53 Å². The molecular formula is C15H22ClNO2. The van der Waals surface area contributed by atoms with Crippen LogP contribution in [-0.4, -0.2) is 18.1 Å². The van der Waals surface area contributed by atoms with E-state index in [9.17, 15) is 4.79 Å². The quantitative estimate of drug-likeness (QED) is 0.865. The first-order chi connectivity index (χ1) is 8.75. The minimum Gasteiger partial charge on any atom is -0.461 e. The second kappa shape index (κ2) is 8.18. The first kappa shape index (κ1) is 16.0. The van der Waals surface area contributed by atoms with E-state index in [1.165, 1.54) is 6.42 Å². The molecule has 0 amide bonds. The van der Waals surface area contributed by atoms with Gasteiger partial charge in [-0.1, -0.05) is 36.8 Å². The normalized spacial score (nSPS) is 17.3. The molecule has 1 fully saturated rings. The van der Waals surface area contributed by atoms with Gasteiger partial charge in [0.2, 0.25) is 0 Å². The van der Waals surface area contributed by atoms with Crippen LogP contribution in [0.25, 0.3) is 0 Å². The van der Waals surface area contributed by atoms with Crippen LogP contribution < -0.4 is 5.73 Å². The Bertz CT molecular complexity index is 377. The van der Waals surface area contributed by atoms with Crippen molar-refractivity contribution in [3.8, 4) is 0 Å². The number of carbonyl (C=O) groups excluding carboxylic acids is 1. The van der Waals surface area contributed by atoms with Crippen LogP contribution in [0, 0.1) is 0 Å². The van der Waals surface area contributed by atoms with Crippen molar-refractivity contribution in [2.24, 2.45) is 5.73 Å². The van der Waals surface area contributed by atoms with Gasteiger partial charge in [0.25, 0.3) is 0 Å². The minimum atomic E-state index is -0.547. The van der Waals surface area contributed by atoms with Crippen LogP contribution in [-0.2, 0) is 16.0 Å². The number of ether oxygens (including phenoxy) is 1. The van der Waals surface area contributed by atoms with Gasteiger partial charge in [0.15, 0.2) is 0 Å². The topological polar surface area (TPSA) is 52.3 Å². The summed E-state index contributed by atoms with van der Waals surface area (Å²) in [4.78, 5) is 11.9. The van der Waals surface area contributed by atoms with Gasteiger partial charge in [0.1, 0.15) is 12.1 Å². The van der Waals surface area contributed by atoms with E-state index in [0.717, 1.165) is 31.2 Å². The number of hydrogen-bond donors (Lipinski definition) is 1. The van der Waals surface area contributed by atoms with Crippen LogP contribution in [0.3, 0.4) is 0 Å². The molecule has 1 aliphatic rings. The summed E-state index contributed by atoms with van der Waals surface area (Å²) in [5, 5.41) is 0.